The minimum Gasteiger partial charge on any atom is -0.490 e. The molecule has 3 rings (SSSR count). The summed E-state index contributed by atoms with van der Waals surface area (Å²) < 4.78 is 7.73. The normalized spacial score (nSPS) is 19.5. The third-order valence-electron chi connectivity index (χ3n) is 4.89. The van der Waals surface area contributed by atoms with Gasteiger partial charge in [-0.25, -0.2) is 4.79 Å². The maximum Gasteiger partial charge on any atom is 0.331 e. The summed E-state index contributed by atoms with van der Waals surface area (Å²) in [4.78, 5) is 38.3. The van der Waals surface area contributed by atoms with Crippen molar-refractivity contribution < 1.29 is 14.6 Å². The van der Waals surface area contributed by atoms with E-state index in [2.05, 4.69) is 0 Å². The van der Waals surface area contributed by atoms with Gasteiger partial charge in [-0.1, -0.05) is 17.7 Å². The molecular formula is C19H22ClN3O5. The Labute approximate surface area is 166 Å². The van der Waals surface area contributed by atoms with Crippen LogP contribution in [0.2, 0.25) is 5.02 Å². The van der Waals surface area contributed by atoms with Gasteiger partial charge in [-0.3, -0.25) is 18.7 Å². The molecule has 8 nitrogen and oxygen atoms in total. The number of carbonyl (C=O) groups is 1. The molecule has 2 aromatic rings. The first-order chi connectivity index (χ1) is 13.2. The lowest BCUT2D eigenvalue weighted by molar-refractivity contribution is -0.0534. The monoisotopic (exact) mass is 407 g/mol. The third-order valence-corrected chi connectivity index (χ3v) is 5.13. The van der Waals surface area contributed by atoms with Crippen molar-refractivity contribution in [1.82, 2.24) is 14.0 Å². The van der Waals surface area contributed by atoms with Crippen molar-refractivity contribution in [1.29, 1.82) is 0 Å². The quantitative estimate of drug-likeness (QED) is 0.808. The molecule has 0 aliphatic carbocycles. The number of hydrogen-bond acceptors (Lipinski definition) is 5. The first-order valence-corrected chi connectivity index (χ1v) is 9.25. The molecule has 0 bridgehead atoms. The zero-order valence-electron chi connectivity index (χ0n) is 15.7. The Morgan fingerprint density at radius 2 is 2.00 bits per heavy atom. The summed E-state index contributed by atoms with van der Waals surface area (Å²) in [6.45, 7) is 0.449. The molecule has 1 aromatic carbocycles. The van der Waals surface area contributed by atoms with Gasteiger partial charge in [0.25, 0.3) is 11.5 Å². The average molecular weight is 408 g/mol. The topological polar surface area (TPSA) is 93.8 Å². The number of amides is 1. The van der Waals surface area contributed by atoms with Gasteiger partial charge < -0.3 is 14.7 Å². The first-order valence-electron chi connectivity index (χ1n) is 8.87. The van der Waals surface area contributed by atoms with Crippen molar-refractivity contribution in [2.75, 3.05) is 19.7 Å². The van der Waals surface area contributed by atoms with Crippen LogP contribution in [0.5, 0.6) is 5.75 Å². The van der Waals surface area contributed by atoms with Gasteiger partial charge >= 0.3 is 5.69 Å². The molecule has 28 heavy (non-hydrogen) atoms. The summed E-state index contributed by atoms with van der Waals surface area (Å²) >= 11 is 5.93. The van der Waals surface area contributed by atoms with Crippen LogP contribution in [-0.4, -0.2) is 50.3 Å². The van der Waals surface area contributed by atoms with Crippen LogP contribution in [0.15, 0.2) is 39.9 Å². The fourth-order valence-corrected chi connectivity index (χ4v) is 3.46. The Hall–Kier alpha value is -2.58. The summed E-state index contributed by atoms with van der Waals surface area (Å²) in [5.74, 6) is 0.0523. The molecule has 150 valence electrons. The van der Waals surface area contributed by atoms with Crippen molar-refractivity contribution >= 4 is 17.5 Å². The number of hydrogen-bond donors (Lipinski definition) is 1. The van der Waals surface area contributed by atoms with Crippen LogP contribution in [0.25, 0.3) is 0 Å². The fourth-order valence-electron chi connectivity index (χ4n) is 3.28. The molecule has 1 N–H and O–H groups in total. The molecule has 1 saturated heterocycles. The smallest absolute Gasteiger partial charge is 0.331 e. The number of nitrogens with zero attached hydrogens (tertiary/aromatic N) is 3. The van der Waals surface area contributed by atoms with Crippen LogP contribution in [0.1, 0.15) is 23.3 Å². The van der Waals surface area contributed by atoms with E-state index in [0.29, 0.717) is 30.2 Å². The summed E-state index contributed by atoms with van der Waals surface area (Å²) in [5, 5.41) is 11.4. The first kappa shape index (κ1) is 20.2. The molecule has 1 aromatic heterocycles. The molecule has 9 heteroatoms. The van der Waals surface area contributed by atoms with Crippen LogP contribution < -0.4 is 16.0 Å². The number of halogens is 1. The zero-order chi connectivity index (χ0) is 20.5. The second-order valence-corrected chi connectivity index (χ2v) is 7.51. The van der Waals surface area contributed by atoms with E-state index in [4.69, 9.17) is 16.3 Å². The van der Waals surface area contributed by atoms with E-state index in [0.717, 1.165) is 15.2 Å². The van der Waals surface area contributed by atoms with Gasteiger partial charge in [0.2, 0.25) is 0 Å². The number of rotatable bonds is 4. The molecule has 1 unspecified atom stereocenters. The van der Waals surface area contributed by atoms with Crippen molar-refractivity contribution in [2.24, 2.45) is 14.1 Å². The van der Waals surface area contributed by atoms with Gasteiger partial charge in [-0.2, -0.15) is 0 Å². The van der Waals surface area contributed by atoms with Gasteiger partial charge in [0, 0.05) is 31.7 Å². The molecule has 0 radical (unpaired) electrons. The van der Waals surface area contributed by atoms with E-state index in [1.54, 1.807) is 24.3 Å². The van der Waals surface area contributed by atoms with Gasteiger partial charge in [0.15, 0.2) is 0 Å². The lowest BCUT2D eigenvalue weighted by Gasteiger charge is -2.39. The van der Waals surface area contributed by atoms with Crippen LogP contribution in [-0.2, 0) is 14.1 Å². The van der Waals surface area contributed by atoms with E-state index in [1.165, 1.54) is 19.0 Å². The standard InChI is InChI=1S/C19H22ClN3O5/c1-21-15(10-16(24)22(2)18(21)26)17(25)23-8-4-7-19(27,11-23)12-28-14-6-3-5-13(20)9-14/h3,5-6,9-10,27H,4,7-8,11-12H2,1-2H3. The highest BCUT2D eigenvalue weighted by Crippen LogP contribution is 2.25. The third kappa shape index (κ3) is 4.13. The van der Waals surface area contributed by atoms with Gasteiger partial charge in [-0.15, -0.1) is 0 Å². The van der Waals surface area contributed by atoms with E-state index in [1.807, 2.05) is 0 Å². The van der Waals surface area contributed by atoms with Crippen molar-refractivity contribution in [3.05, 3.63) is 61.9 Å². The number of piperidine rings is 1. The highest BCUT2D eigenvalue weighted by atomic mass is 35.5. The Morgan fingerprint density at radius 3 is 2.71 bits per heavy atom. The summed E-state index contributed by atoms with van der Waals surface area (Å²) in [6, 6.07) is 7.98. The Morgan fingerprint density at radius 1 is 1.25 bits per heavy atom. The van der Waals surface area contributed by atoms with E-state index >= 15 is 0 Å². The average Bonchev–Trinajstić information content (AvgIpc) is 2.67. The lowest BCUT2D eigenvalue weighted by atomic mass is 9.93. The van der Waals surface area contributed by atoms with Crippen LogP contribution >= 0.6 is 11.6 Å². The molecule has 1 fully saturated rings. The van der Waals surface area contributed by atoms with E-state index < -0.39 is 22.8 Å². The highest BCUT2D eigenvalue weighted by Gasteiger charge is 2.37. The highest BCUT2D eigenvalue weighted by molar-refractivity contribution is 6.30. The summed E-state index contributed by atoms with van der Waals surface area (Å²) in [5.41, 5.74) is -2.38. The molecule has 1 aliphatic heterocycles. The number of benzene rings is 1. The fraction of sp³-hybridized carbons (Fsp3) is 0.421. The molecule has 1 aliphatic rings. The number of ether oxygens (including phenoxy) is 1. The van der Waals surface area contributed by atoms with Crippen molar-refractivity contribution in [3.63, 3.8) is 0 Å². The molecule has 0 saturated carbocycles. The van der Waals surface area contributed by atoms with Gasteiger partial charge in [0.1, 0.15) is 23.7 Å². The number of aliphatic hydroxyl groups is 1. The SMILES string of the molecule is Cn1c(C(=O)N2CCCC(O)(COc3cccc(Cl)c3)C2)cc(=O)n(C)c1=O. The van der Waals surface area contributed by atoms with Crippen molar-refractivity contribution in [2.45, 2.75) is 18.4 Å². The van der Waals surface area contributed by atoms with Gasteiger partial charge in [-0.05, 0) is 31.0 Å². The second-order valence-electron chi connectivity index (χ2n) is 7.07. The Kier molecular flexibility index (Phi) is 5.62. The van der Waals surface area contributed by atoms with E-state index in [-0.39, 0.29) is 18.8 Å². The molecule has 1 atom stereocenters. The minimum absolute atomic E-state index is 0.00638. The van der Waals surface area contributed by atoms with Crippen LogP contribution in [0.3, 0.4) is 0 Å². The van der Waals surface area contributed by atoms with Crippen LogP contribution in [0.4, 0.5) is 0 Å². The Balaban J connectivity index is 1.76. The van der Waals surface area contributed by atoms with E-state index in [9.17, 15) is 19.5 Å². The molecule has 2 heterocycles. The second kappa shape index (κ2) is 7.81. The molecule has 1 amide bonds. The maximum atomic E-state index is 12.9. The lowest BCUT2D eigenvalue weighted by Crippen LogP contribution is -2.54. The van der Waals surface area contributed by atoms with Gasteiger partial charge in [0.05, 0.1) is 6.54 Å². The number of β-amino-alcohol motifs (C(OH)–C–C–N with tert-alkyl or cyclic N) is 1. The van der Waals surface area contributed by atoms with Crippen molar-refractivity contribution in [3.8, 4) is 5.75 Å². The summed E-state index contributed by atoms with van der Waals surface area (Å²) in [7, 11) is 2.79. The molecule has 0 spiro atoms. The minimum atomic E-state index is -1.24. The number of carbonyl (C=O) groups excluding carboxylic acids is 1. The largest absolute Gasteiger partial charge is 0.490 e. The Bertz CT molecular complexity index is 1020. The van der Waals surface area contributed by atoms with Crippen LogP contribution in [0, 0.1) is 0 Å². The predicted octanol–water partition coefficient (Wildman–Crippen LogP) is 0.783. The zero-order valence-corrected chi connectivity index (χ0v) is 16.5. The summed E-state index contributed by atoms with van der Waals surface area (Å²) in [6.07, 6.45) is 1.03. The number of aromatic nitrogens is 2. The predicted molar refractivity (Wildman–Crippen MR) is 104 cm³/mol. The maximum absolute atomic E-state index is 12.9. The molecular weight excluding hydrogens is 386 g/mol. The number of likely N-dealkylation sites (tertiary alicyclic amines) is 1.